The van der Waals surface area contributed by atoms with E-state index in [1.54, 1.807) is 0 Å². The summed E-state index contributed by atoms with van der Waals surface area (Å²) >= 11 is 3.50. The third-order valence-corrected chi connectivity index (χ3v) is 3.04. The van der Waals surface area contributed by atoms with Crippen molar-refractivity contribution in [3.05, 3.63) is 34.3 Å². The van der Waals surface area contributed by atoms with Crippen molar-refractivity contribution in [1.29, 1.82) is 0 Å². The molecule has 0 atom stereocenters. The number of esters is 1. The van der Waals surface area contributed by atoms with E-state index in [0.717, 1.165) is 23.7 Å². The van der Waals surface area contributed by atoms with Crippen LogP contribution in [0.1, 0.15) is 24.8 Å². The zero-order valence-corrected chi connectivity index (χ0v) is 10.4. The van der Waals surface area contributed by atoms with Crippen molar-refractivity contribution in [2.24, 2.45) is 0 Å². The molecule has 1 aromatic carbocycles. The Labute approximate surface area is 98.8 Å². The molecule has 1 rings (SSSR count). The molecular formula is C12H15BrO2. The molecule has 2 nitrogen and oxygen atoms in total. The van der Waals surface area contributed by atoms with Gasteiger partial charge in [-0.1, -0.05) is 34.1 Å². The van der Waals surface area contributed by atoms with Gasteiger partial charge in [0.25, 0.3) is 0 Å². The van der Waals surface area contributed by atoms with Crippen molar-refractivity contribution in [3.8, 4) is 0 Å². The monoisotopic (exact) mass is 270 g/mol. The fourth-order valence-electron chi connectivity index (χ4n) is 1.39. The molecule has 82 valence electrons. The minimum atomic E-state index is -0.123. The largest absolute Gasteiger partial charge is 0.469 e. The van der Waals surface area contributed by atoms with Crippen LogP contribution in [0.2, 0.25) is 0 Å². The van der Waals surface area contributed by atoms with Gasteiger partial charge >= 0.3 is 5.97 Å². The highest BCUT2D eigenvalue weighted by Gasteiger charge is 2.01. The highest BCUT2D eigenvalue weighted by molar-refractivity contribution is 9.10. The Balaban J connectivity index is 2.26. The molecule has 0 bridgehead atoms. The number of carbonyl (C=O) groups excluding carboxylic acids is 1. The standard InChI is InChI=1S/C12H15BrO2/c1-15-12(14)9-5-3-7-10-6-2-4-8-11(10)13/h2,4,6,8H,3,5,7,9H2,1H3. The van der Waals surface area contributed by atoms with Crippen molar-refractivity contribution in [2.45, 2.75) is 25.7 Å². The molecule has 0 aromatic heterocycles. The van der Waals surface area contributed by atoms with Gasteiger partial charge in [0.05, 0.1) is 7.11 Å². The molecule has 0 unspecified atom stereocenters. The quantitative estimate of drug-likeness (QED) is 0.606. The number of methoxy groups -OCH3 is 1. The van der Waals surface area contributed by atoms with Crippen LogP contribution in [0, 0.1) is 0 Å². The first kappa shape index (κ1) is 12.2. The number of halogens is 1. The summed E-state index contributed by atoms with van der Waals surface area (Å²) in [7, 11) is 1.43. The van der Waals surface area contributed by atoms with E-state index in [-0.39, 0.29) is 5.97 Å². The maximum absolute atomic E-state index is 10.9. The number of aryl methyl sites for hydroxylation is 1. The van der Waals surface area contributed by atoms with E-state index in [1.165, 1.54) is 12.7 Å². The molecule has 15 heavy (non-hydrogen) atoms. The first-order valence-electron chi connectivity index (χ1n) is 5.04. The van der Waals surface area contributed by atoms with Crippen LogP contribution < -0.4 is 0 Å². The molecular weight excluding hydrogens is 256 g/mol. The minimum Gasteiger partial charge on any atom is -0.469 e. The Morgan fingerprint density at radius 2 is 2.07 bits per heavy atom. The molecule has 0 spiro atoms. The first-order valence-corrected chi connectivity index (χ1v) is 5.83. The van der Waals surface area contributed by atoms with Crippen molar-refractivity contribution in [1.82, 2.24) is 0 Å². The van der Waals surface area contributed by atoms with Gasteiger partial charge in [-0.3, -0.25) is 4.79 Å². The predicted molar refractivity (Wildman–Crippen MR) is 63.7 cm³/mol. The van der Waals surface area contributed by atoms with Crippen LogP contribution in [-0.2, 0) is 16.0 Å². The maximum Gasteiger partial charge on any atom is 0.305 e. The van der Waals surface area contributed by atoms with Gasteiger partial charge in [-0.25, -0.2) is 0 Å². The summed E-state index contributed by atoms with van der Waals surface area (Å²) in [4.78, 5) is 10.9. The molecule has 0 N–H and O–H groups in total. The van der Waals surface area contributed by atoms with Gasteiger partial charge in [-0.15, -0.1) is 0 Å². The Hall–Kier alpha value is -0.830. The summed E-state index contributed by atoms with van der Waals surface area (Å²) in [5.41, 5.74) is 1.29. The summed E-state index contributed by atoms with van der Waals surface area (Å²) in [6.45, 7) is 0. The lowest BCUT2D eigenvalue weighted by atomic mass is 10.1. The van der Waals surface area contributed by atoms with E-state index in [2.05, 4.69) is 26.7 Å². The first-order chi connectivity index (χ1) is 7.24. The Bertz CT molecular complexity index is 323. The van der Waals surface area contributed by atoms with Gasteiger partial charge in [0.2, 0.25) is 0 Å². The zero-order chi connectivity index (χ0) is 11.1. The van der Waals surface area contributed by atoms with Crippen molar-refractivity contribution in [2.75, 3.05) is 7.11 Å². The molecule has 0 radical (unpaired) electrons. The SMILES string of the molecule is COC(=O)CCCCc1ccccc1Br. The number of ether oxygens (including phenoxy) is 1. The van der Waals surface area contributed by atoms with Gasteiger partial charge in [0.1, 0.15) is 0 Å². The average molecular weight is 271 g/mol. The molecule has 0 aliphatic heterocycles. The third-order valence-electron chi connectivity index (χ3n) is 2.26. The van der Waals surface area contributed by atoms with Gasteiger partial charge < -0.3 is 4.74 Å². The van der Waals surface area contributed by atoms with E-state index in [0.29, 0.717) is 6.42 Å². The molecule has 0 heterocycles. The smallest absolute Gasteiger partial charge is 0.305 e. The normalized spacial score (nSPS) is 10.0. The van der Waals surface area contributed by atoms with Gasteiger partial charge in [0.15, 0.2) is 0 Å². The van der Waals surface area contributed by atoms with Crippen LogP contribution in [0.15, 0.2) is 28.7 Å². The van der Waals surface area contributed by atoms with E-state index in [9.17, 15) is 4.79 Å². The van der Waals surface area contributed by atoms with E-state index >= 15 is 0 Å². The van der Waals surface area contributed by atoms with E-state index < -0.39 is 0 Å². The zero-order valence-electron chi connectivity index (χ0n) is 8.83. The van der Waals surface area contributed by atoms with Crippen molar-refractivity contribution in [3.63, 3.8) is 0 Å². The van der Waals surface area contributed by atoms with E-state index in [4.69, 9.17) is 0 Å². The number of unbranched alkanes of at least 4 members (excludes halogenated alkanes) is 1. The molecule has 0 aliphatic rings. The molecule has 3 heteroatoms. The molecule has 0 saturated carbocycles. The topological polar surface area (TPSA) is 26.3 Å². The highest BCUT2D eigenvalue weighted by Crippen LogP contribution is 2.18. The van der Waals surface area contributed by atoms with Crippen LogP contribution in [0.3, 0.4) is 0 Å². The fourth-order valence-corrected chi connectivity index (χ4v) is 1.87. The lowest BCUT2D eigenvalue weighted by molar-refractivity contribution is -0.140. The van der Waals surface area contributed by atoms with Gasteiger partial charge in [-0.2, -0.15) is 0 Å². The van der Waals surface area contributed by atoms with Crippen LogP contribution in [0.4, 0.5) is 0 Å². The number of carbonyl (C=O) groups is 1. The predicted octanol–water partition coefficient (Wildman–Crippen LogP) is 3.33. The second-order valence-corrected chi connectivity index (χ2v) is 4.23. The van der Waals surface area contributed by atoms with E-state index in [1.807, 2.05) is 18.2 Å². The number of hydrogen-bond acceptors (Lipinski definition) is 2. The average Bonchev–Trinajstić information content (AvgIpc) is 2.26. The van der Waals surface area contributed by atoms with Crippen molar-refractivity contribution >= 4 is 21.9 Å². The molecule has 0 aliphatic carbocycles. The summed E-state index contributed by atoms with van der Waals surface area (Å²) in [5.74, 6) is -0.123. The summed E-state index contributed by atoms with van der Waals surface area (Å²) in [5, 5.41) is 0. The summed E-state index contributed by atoms with van der Waals surface area (Å²) in [6, 6.07) is 8.17. The fraction of sp³-hybridized carbons (Fsp3) is 0.417. The molecule has 1 aromatic rings. The summed E-state index contributed by atoms with van der Waals surface area (Å²) in [6.07, 6.45) is 3.41. The number of benzene rings is 1. The van der Waals surface area contributed by atoms with Crippen molar-refractivity contribution < 1.29 is 9.53 Å². The molecule has 0 saturated heterocycles. The van der Waals surface area contributed by atoms with Crippen LogP contribution in [-0.4, -0.2) is 13.1 Å². The van der Waals surface area contributed by atoms with Gasteiger partial charge in [-0.05, 0) is 30.9 Å². The second-order valence-electron chi connectivity index (χ2n) is 3.37. The van der Waals surface area contributed by atoms with Crippen LogP contribution >= 0.6 is 15.9 Å². The van der Waals surface area contributed by atoms with Gasteiger partial charge in [0, 0.05) is 10.9 Å². The third kappa shape index (κ3) is 4.47. The Morgan fingerprint density at radius 1 is 1.33 bits per heavy atom. The maximum atomic E-state index is 10.9. The minimum absolute atomic E-state index is 0.123. The number of rotatable bonds is 5. The Morgan fingerprint density at radius 3 is 2.73 bits per heavy atom. The van der Waals surface area contributed by atoms with Crippen LogP contribution in [0.25, 0.3) is 0 Å². The lowest BCUT2D eigenvalue weighted by Gasteiger charge is -2.03. The van der Waals surface area contributed by atoms with Crippen LogP contribution in [0.5, 0.6) is 0 Å². The Kier molecular flexibility index (Phi) is 5.40. The molecule has 0 amide bonds. The second kappa shape index (κ2) is 6.62. The lowest BCUT2D eigenvalue weighted by Crippen LogP contribution is -1.99. The summed E-state index contributed by atoms with van der Waals surface area (Å²) < 4.78 is 5.72. The molecule has 0 fully saturated rings. The highest BCUT2D eigenvalue weighted by atomic mass is 79.9. The number of hydrogen-bond donors (Lipinski definition) is 0.